The summed E-state index contributed by atoms with van der Waals surface area (Å²) in [4.78, 5) is 24.0. The third kappa shape index (κ3) is 4.42. The van der Waals surface area contributed by atoms with E-state index in [1.165, 1.54) is 14.2 Å². The van der Waals surface area contributed by atoms with Gasteiger partial charge in [0, 0.05) is 24.2 Å². The van der Waals surface area contributed by atoms with Gasteiger partial charge in [-0.2, -0.15) is 5.10 Å². The molecule has 0 radical (unpaired) electrons. The third-order valence-electron chi connectivity index (χ3n) is 3.88. The van der Waals surface area contributed by atoms with E-state index in [9.17, 15) is 9.59 Å². The first-order chi connectivity index (χ1) is 13.1. The van der Waals surface area contributed by atoms with Crippen LogP contribution in [0, 0.1) is 0 Å². The highest BCUT2D eigenvalue weighted by molar-refractivity contribution is 5.95. The third-order valence-corrected chi connectivity index (χ3v) is 3.88. The van der Waals surface area contributed by atoms with Crippen molar-refractivity contribution in [1.82, 2.24) is 9.78 Å². The van der Waals surface area contributed by atoms with Crippen LogP contribution in [0.4, 0.5) is 11.4 Å². The van der Waals surface area contributed by atoms with E-state index in [0.29, 0.717) is 17.1 Å². The summed E-state index contributed by atoms with van der Waals surface area (Å²) in [7, 11) is 2.93. The molecular weight excluding hydrogens is 348 g/mol. The second-order valence-electron chi connectivity index (χ2n) is 5.81. The molecule has 0 aliphatic carbocycles. The van der Waals surface area contributed by atoms with E-state index >= 15 is 0 Å². The normalized spacial score (nSPS) is 10.6. The number of amides is 2. The standard InChI is InChI=1S/C19H20N4O4/c1-26-12-19(25)22-15-8-7-14(9-17(15)27-2)21-18(24)11-23-16-6-4-3-5-13(16)10-20-23/h3-10H,11-12H2,1-2H3,(H,21,24)(H,22,25). The highest BCUT2D eigenvalue weighted by Gasteiger charge is 2.11. The van der Waals surface area contributed by atoms with Gasteiger partial charge >= 0.3 is 0 Å². The van der Waals surface area contributed by atoms with Crippen molar-refractivity contribution in [2.75, 3.05) is 31.5 Å². The van der Waals surface area contributed by atoms with E-state index in [1.807, 2.05) is 24.3 Å². The molecule has 2 amide bonds. The zero-order valence-electron chi connectivity index (χ0n) is 15.1. The highest BCUT2D eigenvalue weighted by Crippen LogP contribution is 2.28. The largest absolute Gasteiger partial charge is 0.494 e. The number of hydrogen-bond donors (Lipinski definition) is 2. The van der Waals surface area contributed by atoms with Crippen LogP contribution in [-0.2, 0) is 20.9 Å². The van der Waals surface area contributed by atoms with Crippen molar-refractivity contribution in [2.24, 2.45) is 0 Å². The summed E-state index contributed by atoms with van der Waals surface area (Å²) in [5, 5.41) is 10.7. The fourth-order valence-electron chi connectivity index (χ4n) is 2.68. The van der Waals surface area contributed by atoms with Crippen LogP contribution in [0.1, 0.15) is 0 Å². The van der Waals surface area contributed by atoms with Gasteiger partial charge in [-0.25, -0.2) is 0 Å². The van der Waals surface area contributed by atoms with Crippen LogP contribution in [0.5, 0.6) is 5.75 Å². The molecule has 8 heteroatoms. The van der Waals surface area contributed by atoms with Crippen molar-refractivity contribution in [1.29, 1.82) is 0 Å². The number of nitrogens with one attached hydrogen (secondary N) is 2. The maximum Gasteiger partial charge on any atom is 0.250 e. The number of anilines is 2. The molecule has 1 aromatic heterocycles. The van der Waals surface area contributed by atoms with E-state index in [1.54, 1.807) is 29.1 Å². The first-order valence-electron chi connectivity index (χ1n) is 8.28. The maximum atomic E-state index is 12.4. The lowest BCUT2D eigenvalue weighted by Gasteiger charge is -2.12. The van der Waals surface area contributed by atoms with Crippen molar-refractivity contribution in [3.8, 4) is 5.75 Å². The topological polar surface area (TPSA) is 94.5 Å². The Morgan fingerprint density at radius 2 is 1.89 bits per heavy atom. The van der Waals surface area contributed by atoms with E-state index < -0.39 is 0 Å². The quantitative estimate of drug-likeness (QED) is 0.667. The number of hydrogen-bond acceptors (Lipinski definition) is 5. The number of nitrogens with zero attached hydrogens (tertiary/aromatic N) is 2. The molecule has 0 saturated carbocycles. The van der Waals surface area contributed by atoms with Gasteiger partial charge in [-0.3, -0.25) is 14.3 Å². The summed E-state index contributed by atoms with van der Waals surface area (Å²) < 4.78 is 11.7. The van der Waals surface area contributed by atoms with Gasteiger partial charge in [0.25, 0.3) is 0 Å². The molecule has 0 spiro atoms. The van der Waals surface area contributed by atoms with Gasteiger partial charge in [0.15, 0.2) is 0 Å². The molecule has 0 unspecified atom stereocenters. The van der Waals surface area contributed by atoms with Crippen LogP contribution in [0.15, 0.2) is 48.7 Å². The number of carbonyl (C=O) groups excluding carboxylic acids is 2. The molecule has 0 fully saturated rings. The second kappa shape index (κ2) is 8.33. The summed E-state index contributed by atoms with van der Waals surface area (Å²) in [6, 6.07) is 12.7. The molecule has 3 rings (SSSR count). The van der Waals surface area contributed by atoms with Gasteiger partial charge in [-0.05, 0) is 18.2 Å². The highest BCUT2D eigenvalue weighted by atomic mass is 16.5. The fourth-order valence-corrected chi connectivity index (χ4v) is 2.68. The Hall–Kier alpha value is -3.39. The average Bonchev–Trinajstić information content (AvgIpc) is 3.06. The Balaban J connectivity index is 1.69. The van der Waals surface area contributed by atoms with Gasteiger partial charge in [0.05, 0.1) is 24.5 Å². The molecule has 27 heavy (non-hydrogen) atoms. The number of benzene rings is 2. The number of para-hydroxylation sites is 1. The smallest absolute Gasteiger partial charge is 0.250 e. The van der Waals surface area contributed by atoms with Crippen LogP contribution in [0.2, 0.25) is 0 Å². The Morgan fingerprint density at radius 1 is 1.07 bits per heavy atom. The SMILES string of the molecule is COCC(=O)Nc1ccc(NC(=O)Cn2ncc3ccccc32)cc1OC. The lowest BCUT2D eigenvalue weighted by molar-refractivity contribution is -0.119. The number of methoxy groups -OCH3 is 2. The molecule has 0 aliphatic heterocycles. The first kappa shape index (κ1) is 18.4. The molecule has 3 aromatic rings. The summed E-state index contributed by atoms with van der Waals surface area (Å²) in [5.74, 6) is -0.0815. The predicted octanol–water partition coefficient (Wildman–Crippen LogP) is 2.27. The van der Waals surface area contributed by atoms with Crippen LogP contribution in [-0.4, -0.2) is 42.4 Å². The summed E-state index contributed by atoms with van der Waals surface area (Å²) in [5.41, 5.74) is 1.94. The first-order valence-corrected chi connectivity index (χ1v) is 8.28. The minimum atomic E-state index is -0.293. The van der Waals surface area contributed by atoms with Gasteiger partial charge < -0.3 is 20.1 Å². The van der Waals surface area contributed by atoms with Crippen LogP contribution in [0.3, 0.4) is 0 Å². The van der Waals surface area contributed by atoms with Crippen LogP contribution in [0.25, 0.3) is 10.9 Å². The van der Waals surface area contributed by atoms with Crippen LogP contribution < -0.4 is 15.4 Å². The minimum Gasteiger partial charge on any atom is -0.494 e. The molecule has 8 nitrogen and oxygen atoms in total. The van der Waals surface area contributed by atoms with Gasteiger partial charge in [-0.15, -0.1) is 0 Å². The van der Waals surface area contributed by atoms with Gasteiger partial charge in [0.1, 0.15) is 18.9 Å². The molecule has 2 N–H and O–H groups in total. The van der Waals surface area contributed by atoms with E-state index in [-0.39, 0.29) is 25.0 Å². The van der Waals surface area contributed by atoms with E-state index in [4.69, 9.17) is 9.47 Å². The Morgan fingerprint density at radius 3 is 2.67 bits per heavy atom. The molecule has 0 bridgehead atoms. The predicted molar refractivity (Wildman–Crippen MR) is 102 cm³/mol. The minimum absolute atomic E-state index is 0.0561. The zero-order chi connectivity index (χ0) is 19.2. The van der Waals surface area contributed by atoms with Gasteiger partial charge in [0.2, 0.25) is 11.8 Å². The number of fused-ring (bicyclic) bond motifs is 1. The number of ether oxygens (including phenoxy) is 2. The number of carbonyl (C=O) groups is 2. The molecule has 0 aliphatic rings. The zero-order valence-corrected chi connectivity index (χ0v) is 15.1. The average molecular weight is 368 g/mol. The Labute approximate surface area is 156 Å². The number of rotatable bonds is 7. The van der Waals surface area contributed by atoms with Crippen LogP contribution >= 0.6 is 0 Å². The van der Waals surface area contributed by atoms with Gasteiger partial charge in [-0.1, -0.05) is 18.2 Å². The lowest BCUT2D eigenvalue weighted by Crippen LogP contribution is -2.20. The van der Waals surface area contributed by atoms with Crippen molar-refractivity contribution >= 4 is 34.1 Å². The van der Waals surface area contributed by atoms with E-state index in [2.05, 4.69) is 15.7 Å². The summed E-state index contributed by atoms with van der Waals surface area (Å²) in [6.45, 7) is 0.0294. The summed E-state index contributed by atoms with van der Waals surface area (Å²) >= 11 is 0. The second-order valence-corrected chi connectivity index (χ2v) is 5.81. The molecular formula is C19H20N4O4. The van der Waals surface area contributed by atoms with Crippen molar-refractivity contribution in [3.63, 3.8) is 0 Å². The maximum absolute atomic E-state index is 12.4. The lowest BCUT2D eigenvalue weighted by atomic mass is 10.2. The summed E-state index contributed by atoms with van der Waals surface area (Å²) in [6.07, 6.45) is 1.73. The molecule has 0 atom stereocenters. The fraction of sp³-hybridized carbons (Fsp3) is 0.211. The van der Waals surface area contributed by atoms with E-state index in [0.717, 1.165) is 10.9 Å². The molecule has 1 heterocycles. The molecule has 0 saturated heterocycles. The monoisotopic (exact) mass is 368 g/mol. The van der Waals surface area contributed by atoms with Crippen molar-refractivity contribution in [2.45, 2.75) is 6.54 Å². The number of aromatic nitrogens is 2. The van der Waals surface area contributed by atoms with Crippen molar-refractivity contribution in [3.05, 3.63) is 48.7 Å². The van der Waals surface area contributed by atoms with Crippen molar-refractivity contribution < 1.29 is 19.1 Å². The Kier molecular flexibility index (Phi) is 5.68. The molecule has 140 valence electrons. The Bertz CT molecular complexity index is 967. The molecule has 2 aromatic carbocycles.